The molecule has 0 aliphatic carbocycles. The van der Waals surface area contributed by atoms with Crippen molar-refractivity contribution >= 4 is 17.5 Å². The Bertz CT molecular complexity index is 313. The monoisotopic (exact) mass is 239 g/mol. The number of amides is 1. The predicted molar refractivity (Wildman–Crippen MR) is 67.7 cm³/mol. The third-order valence-electron chi connectivity index (χ3n) is 2.35. The number of halogens is 1. The molecule has 0 aromatic heterocycles. The van der Waals surface area contributed by atoms with E-state index in [9.17, 15) is 4.79 Å². The van der Waals surface area contributed by atoms with Gasteiger partial charge in [0.2, 0.25) is 5.91 Å². The summed E-state index contributed by atoms with van der Waals surface area (Å²) in [5, 5.41) is 2.84. The summed E-state index contributed by atoms with van der Waals surface area (Å²) in [5.74, 6) is 0.550. The summed E-state index contributed by atoms with van der Waals surface area (Å²) in [6, 6.07) is 10.3. The number of aryl methyl sites for hydroxylation is 1. The fourth-order valence-electron chi connectivity index (χ4n) is 1.48. The first-order valence-corrected chi connectivity index (χ1v) is 6.15. The van der Waals surface area contributed by atoms with Crippen LogP contribution in [0.25, 0.3) is 0 Å². The van der Waals surface area contributed by atoms with Gasteiger partial charge in [0.25, 0.3) is 0 Å². The van der Waals surface area contributed by atoms with Crippen molar-refractivity contribution in [1.29, 1.82) is 0 Å². The topological polar surface area (TPSA) is 29.1 Å². The molecule has 2 nitrogen and oxygen atoms in total. The van der Waals surface area contributed by atoms with E-state index in [1.807, 2.05) is 25.1 Å². The van der Waals surface area contributed by atoms with Gasteiger partial charge in [-0.15, -0.1) is 11.6 Å². The van der Waals surface area contributed by atoms with E-state index >= 15 is 0 Å². The highest BCUT2D eigenvalue weighted by Gasteiger charge is 2.05. The lowest BCUT2D eigenvalue weighted by atomic mass is 10.1. The second-order valence-corrected chi connectivity index (χ2v) is 4.27. The third-order valence-corrected chi connectivity index (χ3v) is 2.81. The summed E-state index contributed by atoms with van der Waals surface area (Å²) in [7, 11) is 0. The van der Waals surface area contributed by atoms with Crippen LogP contribution in [0, 0.1) is 0 Å². The molecular weight excluding hydrogens is 222 g/mol. The number of benzene rings is 1. The van der Waals surface area contributed by atoms with Crippen LogP contribution in [-0.4, -0.2) is 17.8 Å². The highest BCUT2D eigenvalue weighted by atomic mass is 35.5. The normalized spacial score (nSPS) is 12.1. The minimum absolute atomic E-state index is 0.0610. The van der Waals surface area contributed by atoms with E-state index in [2.05, 4.69) is 17.4 Å². The van der Waals surface area contributed by atoms with E-state index in [1.54, 1.807) is 0 Å². The summed E-state index contributed by atoms with van der Waals surface area (Å²) >= 11 is 5.61. The molecule has 0 fully saturated rings. The lowest BCUT2D eigenvalue weighted by Crippen LogP contribution is -2.33. The Labute approximate surface area is 102 Å². The third kappa shape index (κ3) is 5.17. The van der Waals surface area contributed by atoms with Gasteiger partial charge in [-0.25, -0.2) is 0 Å². The quantitative estimate of drug-likeness (QED) is 0.760. The Morgan fingerprint density at radius 1 is 1.38 bits per heavy atom. The number of carbonyl (C=O) groups is 1. The number of nitrogens with one attached hydrogen (secondary N) is 1. The van der Waals surface area contributed by atoms with Crippen molar-refractivity contribution in [3.8, 4) is 0 Å². The zero-order chi connectivity index (χ0) is 11.8. The Hall–Kier alpha value is -1.02. The van der Waals surface area contributed by atoms with E-state index in [0.29, 0.717) is 12.3 Å². The van der Waals surface area contributed by atoms with E-state index < -0.39 is 0 Å². The standard InChI is InChI=1S/C13H18ClNO/c1-11(10-14)15-13(16)9-5-8-12-6-3-2-4-7-12/h2-4,6-7,11H,5,8-10H2,1H3,(H,15,16). The number of hydrogen-bond donors (Lipinski definition) is 1. The van der Waals surface area contributed by atoms with Crippen molar-refractivity contribution in [2.45, 2.75) is 32.2 Å². The maximum atomic E-state index is 11.4. The SMILES string of the molecule is CC(CCl)NC(=O)CCCc1ccccc1. The molecule has 0 radical (unpaired) electrons. The molecule has 1 aromatic rings. The van der Waals surface area contributed by atoms with Gasteiger partial charge in [0.15, 0.2) is 0 Å². The van der Waals surface area contributed by atoms with Crippen LogP contribution in [0.5, 0.6) is 0 Å². The molecular formula is C13H18ClNO. The molecule has 0 bridgehead atoms. The maximum absolute atomic E-state index is 11.4. The lowest BCUT2D eigenvalue weighted by Gasteiger charge is -2.10. The van der Waals surface area contributed by atoms with Gasteiger partial charge < -0.3 is 5.32 Å². The predicted octanol–water partition coefficient (Wildman–Crippen LogP) is 2.75. The number of carbonyl (C=O) groups excluding carboxylic acids is 1. The van der Waals surface area contributed by atoms with E-state index in [4.69, 9.17) is 11.6 Å². The highest BCUT2D eigenvalue weighted by molar-refractivity contribution is 6.18. The minimum atomic E-state index is 0.0610. The van der Waals surface area contributed by atoms with Gasteiger partial charge in [0.05, 0.1) is 0 Å². The molecule has 1 amide bonds. The molecule has 1 rings (SSSR count). The van der Waals surface area contributed by atoms with Crippen molar-refractivity contribution < 1.29 is 4.79 Å². The van der Waals surface area contributed by atoms with Crippen LogP contribution in [0.2, 0.25) is 0 Å². The first kappa shape index (κ1) is 13.0. The molecule has 0 saturated carbocycles. The van der Waals surface area contributed by atoms with Crippen LogP contribution in [0.4, 0.5) is 0 Å². The molecule has 1 N–H and O–H groups in total. The molecule has 1 atom stereocenters. The van der Waals surface area contributed by atoms with Gasteiger partial charge >= 0.3 is 0 Å². The van der Waals surface area contributed by atoms with Gasteiger partial charge in [-0.2, -0.15) is 0 Å². The molecule has 0 aliphatic heterocycles. The zero-order valence-corrected chi connectivity index (χ0v) is 10.3. The summed E-state index contributed by atoms with van der Waals surface area (Å²) in [6.07, 6.45) is 2.39. The Kier molecular flexibility index (Phi) is 5.94. The van der Waals surface area contributed by atoms with Gasteiger partial charge in [-0.3, -0.25) is 4.79 Å². The summed E-state index contributed by atoms with van der Waals surface area (Å²) in [4.78, 5) is 11.4. The van der Waals surface area contributed by atoms with Crippen LogP contribution >= 0.6 is 11.6 Å². The molecule has 88 valence electrons. The molecule has 3 heteroatoms. The molecule has 0 spiro atoms. The zero-order valence-electron chi connectivity index (χ0n) is 9.58. The van der Waals surface area contributed by atoms with Crippen LogP contribution in [0.1, 0.15) is 25.3 Å². The number of hydrogen-bond acceptors (Lipinski definition) is 1. The fraction of sp³-hybridized carbons (Fsp3) is 0.462. The summed E-state index contributed by atoms with van der Waals surface area (Å²) in [5.41, 5.74) is 1.28. The lowest BCUT2D eigenvalue weighted by molar-refractivity contribution is -0.121. The largest absolute Gasteiger partial charge is 0.352 e. The number of alkyl halides is 1. The molecule has 1 unspecified atom stereocenters. The van der Waals surface area contributed by atoms with Crippen molar-refractivity contribution in [2.24, 2.45) is 0 Å². The molecule has 1 aromatic carbocycles. The van der Waals surface area contributed by atoms with Gasteiger partial charge in [0.1, 0.15) is 0 Å². The first-order chi connectivity index (χ1) is 7.72. The van der Waals surface area contributed by atoms with Crippen molar-refractivity contribution in [3.05, 3.63) is 35.9 Å². The minimum Gasteiger partial charge on any atom is -0.352 e. The Balaban J connectivity index is 2.18. The second-order valence-electron chi connectivity index (χ2n) is 3.96. The van der Waals surface area contributed by atoms with Crippen LogP contribution in [0.3, 0.4) is 0 Å². The van der Waals surface area contributed by atoms with E-state index in [-0.39, 0.29) is 11.9 Å². The van der Waals surface area contributed by atoms with Crippen LogP contribution < -0.4 is 5.32 Å². The average Bonchev–Trinajstić information content (AvgIpc) is 2.30. The van der Waals surface area contributed by atoms with E-state index in [0.717, 1.165) is 12.8 Å². The molecule has 0 saturated heterocycles. The second kappa shape index (κ2) is 7.29. The van der Waals surface area contributed by atoms with Crippen LogP contribution in [0.15, 0.2) is 30.3 Å². The van der Waals surface area contributed by atoms with Crippen molar-refractivity contribution in [2.75, 3.05) is 5.88 Å². The van der Waals surface area contributed by atoms with Crippen molar-refractivity contribution in [1.82, 2.24) is 5.32 Å². The average molecular weight is 240 g/mol. The Morgan fingerprint density at radius 3 is 2.69 bits per heavy atom. The van der Waals surface area contributed by atoms with Crippen LogP contribution in [-0.2, 0) is 11.2 Å². The first-order valence-electron chi connectivity index (χ1n) is 5.61. The molecule has 0 heterocycles. The van der Waals surface area contributed by atoms with Gasteiger partial charge in [-0.1, -0.05) is 30.3 Å². The van der Waals surface area contributed by atoms with Gasteiger partial charge in [0, 0.05) is 18.3 Å². The Morgan fingerprint density at radius 2 is 2.06 bits per heavy atom. The smallest absolute Gasteiger partial charge is 0.220 e. The summed E-state index contributed by atoms with van der Waals surface area (Å²) in [6.45, 7) is 1.90. The summed E-state index contributed by atoms with van der Waals surface area (Å²) < 4.78 is 0. The molecule has 16 heavy (non-hydrogen) atoms. The van der Waals surface area contributed by atoms with Crippen molar-refractivity contribution in [3.63, 3.8) is 0 Å². The van der Waals surface area contributed by atoms with E-state index in [1.165, 1.54) is 5.56 Å². The fourth-order valence-corrected chi connectivity index (χ4v) is 1.56. The maximum Gasteiger partial charge on any atom is 0.220 e. The highest BCUT2D eigenvalue weighted by Crippen LogP contribution is 2.04. The van der Waals surface area contributed by atoms with Gasteiger partial charge in [-0.05, 0) is 25.3 Å². The molecule has 0 aliphatic rings. The number of rotatable bonds is 6.